The molecular formula is C17H19FN2O2. The molecule has 2 rings (SSSR count). The van der Waals surface area contributed by atoms with E-state index in [0.717, 1.165) is 5.56 Å². The van der Waals surface area contributed by atoms with E-state index in [1.165, 1.54) is 18.2 Å². The maximum absolute atomic E-state index is 13.0. The summed E-state index contributed by atoms with van der Waals surface area (Å²) in [6, 6.07) is 13.3. The number of carbonyl (C=O) groups is 1. The van der Waals surface area contributed by atoms with E-state index < -0.39 is 12.1 Å². The van der Waals surface area contributed by atoms with Gasteiger partial charge in [0.2, 0.25) is 0 Å². The minimum atomic E-state index is -0.664. The number of urea groups is 1. The van der Waals surface area contributed by atoms with Gasteiger partial charge >= 0.3 is 6.03 Å². The molecule has 0 radical (unpaired) electrons. The van der Waals surface area contributed by atoms with Crippen molar-refractivity contribution in [1.29, 1.82) is 0 Å². The lowest BCUT2D eigenvalue weighted by Crippen LogP contribution is -2.36. The van der Waals surface area contributed by atoms with Gasteiger partial charge in [0.15, 0.2) is 0 Å². The van der Waals surface area contributed by atoms with E-state index in [0.29, 0.717) is 17.7 Å². The predicted molar refractivity (Wildman–Crippen MR) is 84.3 cm³/mol. The monoisotopic (exact) mass is 302 g/mol. The summed E-state index contributed by atoms with van der Waals surface area (Å²) in [5.41, 5.74) is 2.18. The number of aryl methyl sites for hydroxylation is 1. The first-order chi connectivity index (χ1) is 10.5. The fraction of sp³-hybridized carbons (Fsp3) is 0.235. The molecule has 3 N–H and O–H groups in total. The summed E-state index contributed by atoms with van der Waals surface area (Å²) in [5, 5.41) is 15.1. The van der Waals surface area contributed by atoms with E-state index in [4.69, 9.17) is 0 Å². The number of aliphatic hydroxyl groups excluding tert-OH is 1. The van der Waals surface area contributed by atoms with E-state index in [2.05, 4.69) is 10.6 Å². The Morgan fingerprint density at radius 1 is 1.23 bits per heavy atom. The van der Waals surface area contributed by atoms with Crippen LogP contribution in [0.25, 0.3) is 0 Å². The summed E-state index contributed by atoms with van der Waals surface area (Å²) in [6.07, 6.45) is -0.195. The molecule has 0 heterocycles. The molecule has 0 aromatic heterocycles. The fourth-order valence-corrected chi connectivity index (χ4v) is 2.10. The zero-order valence-electron chi connectivity index (χ0n) is 12.3. The Morgan fingerprint density at radius 3 is 2.64 bits per heavy atom. The molecule has 5 heteroatoms. The molecule has 0 aliphatic rings. The van der Waals surface area contributed by atoms with Gasteiger partial charge in [-0.25, -0.2) is 9.18 Å². The van der Waals surface area contributed by atoms with E-state index >= 15 is 0 Å². The first-order valence-corrected chi connectivity index (χ1v) is 7.07. The Kier molecular flexibility index (Phi) is 5.49. The SMILES string of the molecule is Cc1cc(F)ccc1NC(=O)NCC(O)Cc1ccccc1. The third kappa shape index (κ3) is 4.86. The predicted octanol–water partition coefficient (Wildman–Crippen LogP) is 2.86. The van der Waals surface area contributed by atoms with Crippen molar-refractivity contribution < 1.29 is 14.3 Å². The van der Waals surface area contributed by atoms with Crippen LogP contribution in [0, 0.1) is 12.7 Å². The van der Waals surface area contributed by atoms with Gasteiger partial charge in [-0.3, -0.25) is 0 Å². The largest absolute Gasteiger partial charge is 0.391 e. The van der Waals surface area contributed by atoms with E-state index in [-0.39, 0.29) is 12.4 Å². The number of benzene rings is 2. The Labute approximate surface area is 129 Å². The highest BCUT2D eigenvalue weighted by molar-refractivity contribution is 5.90. The maximum atomic E-state index is 13.0. The topological polar surface area (TPSA) is 61.4 Å². The minimum Gasteiger partial charge on any atom is -0.391 e. The molecule has 2 aromatic rings. The molecule has 2 amide bonds. The quantitative estimate of drug-likeness (QED) is 0.795. The molecule has 0 saturated carbocycles. The van der Waals surface area contributed by atoms with E-state index in [1.807, 2.05) is 30.3 Å². The van der Waals surface area contributed by atoms with Crippen molar-refractivity contribution in [3.63, 3.8) is 0 Å². The lowest BCUT2D eigenvalue weighted by molar-refractivity contribution is 0.172. The van der Waals surface area contributed by atoms with Gasteiger partial charge in [-0.15, -0.1) is 0 Å². The number of rotatable bonds is 5. The average molecular weight is 302 g/mol. The molecule has 0 saturated heterocycles. The summed E-state index contributed by atoms with van der Waals surface area (Å²) in [5.74, 6) is -0.346. The summed E-state index contributed by atoms with van der Waals surface area (Å²) in [6.45, 7) is 1.85. The summed E-state index contributed by atoms with van der Waals surface area (Å²) >= 11 is 0. The van der Waals surface area contributed by atoms with Gasteiger partial charge < -0.3 is 15.7 Å². The summed E-state index contributed by atoms with van der Waals surface area (Å²) < 4.78 is 13.0. The average Bonchev–Trinajstić information content (AvgIpc) is 2.49. The number of nitrogens with one attached hydrogen (secondary N) is 2. The number of hydrogen-bond donors (Lipinski definition) is 3. The van der Waals surface area contributed by atoms with Crippen molar-refractivity contribution >= 4 is 11.7 Å². The van der Waals surface area contributed by atoms with Crippen LogP contribution in [0.4, 0.5) is 14.9 Å². The Morgan fingerprint density at radius 2 is 1.95 bits per heavy atom. The number of aliphatic hydroxyl groups is 1. The maximum Gasteiger partial charge on any atom is 0.319 e. The van der Waals surface area contributed by atoms with Crippen molar-refractivity contribution in [2.24, 2.45) is 0 Å². The first-order valence-electron chi connectivity index (χ1n) is 7.07. The van der Waals surface area contributed by atoms with Crippen molar-refractivity contribution in [2.45, 2.75) is 19.4 Å². The summed E-state index contributed by atoms with van der Waals surface area (Å²) in [7, 11) is 0. The second-order valence-corrected chi connectivity index (χ2v) is 5.14. The molecule has 0 bridgehead atoms. The zero-order valence-corrected chi connectivity index (χ0v) is 12.3. The molecule has 1 atom stereocenters. The number of amides is 2. The van der Waals surface area contributed by atoms with Crippen molar-refractivity contribution in [3.05, 3.63) is 65.5 Å². The lowest BCUT2D eigenvalue weighted by atomic mass is 10.1. The summed E-state index contributed by atoms with van der Waals surface area (Å²) in [4.78, 5) is 11.8. The molecule has 1 unspecified atom stereocenters. The first kappa shape index (κ1) is 16.0. The number of halogens is 1. The van der Waals surface area contributed by atoms with Crippen LogP contribution in [0.5, 0.6) is 0 Å². The molecule has 2 aromatic carbocycles. The number of carbonyl (C=O) groups excluding carboxylic acids is 1. The van der Waals surface area contributed by atoms with Gasteiger partial charge in [-0.2, -0.15) is 0 Å². The Balaban J connectivity index is 1.80. The van der Waals surface area contributed by atoms with Crippen LogP contribution in [-0.2, 0) is 6.42 Å². The Hall–Kier alpha value is -2.40. The molecule has 0 aliphatic carbocycles. The molecular weight excluding hydrogens is 283 g/mol. The minimum absolute atomic E-state index is 0.140. The van der Waals surface area contributed by atoms with Crippen LogP contribution in [0.2, 0.25) is 0 Å². The van der Waals surface area contributed by atoms with Gasteiger partial charge in [0.1, 0.15) is 5.82 Å². The van der Waals surface area contributed by atoms with Gasteiger partial charge in [-0.05, 0) is 36.2 Å². The second-order valence-electron chi connectivity index (χ2n) is 5.14. The normalized spacial score (nSPS) is 11.8. The zero-order chi connectivity index (χ0) is 15.9. The third-order valence-electron chi connectivity index (χ3n) is 3.25. The smallest absolute Gasteiger partial charge is 0.319 e. The van der Waals surface area contributed by atoms with Crippen LogP contribution in [0.15, 0.2) is 48.5 Å². The van der Waals surface area contributed by atoms with Gasteiger partial charge in [-0.1, -0.05) is 30.3 Å². The van der Waals surface area contributed by atoms with E-state index in [9.17, 15) is 14.3 Å². The van der Waals surface area contributed by atoms with E-state index in [1.54, 1.807) is 6.92 Å². The van der Waals surface area contributed by atoms with Crippen molar-refractivity contribution in [2.75, 3.05) is 11.9 Å². The highest BCUT2D eigenvalue weighted by atomic mass is 19.1. The van der Waals surface area contributed by atoms with Gasteiger partial charge in [0, 0.05) is 18.7 Å². The van der Waals surface area contributed by atoms with Crippen LogP contribution in [-0.4, -0.2) is 23.8 Å². The highest BCUT2D eigenvalue weighted by Crippen LogP contribution is 2.15. The van der Waals surface area contributed by atoms with Crippen LogP contribution in [0.1, 0.15) is 11.1 Å². The molecule has 0 aliphatic heterocycles. The molecule has 4 nitrogen and oxygen atoms in total. The van der Waals surface area contributed by atoms with Crippen LogP contribution in [0.3, 0.4) is 0 Å². The fourth-order valence-electron chi connectivity index (χ4n) is 2.10. The lowest BCUT2D eigenvalue weighted by Gasteiger charge is -2.13. The molecule has 0 fully saturated rings. The van der Waals surface area contributed by atoms with Crippen molar-refractivity contribution in [3.8, 4) is 0 Å². The Bertz CT molecular complexity index is 632. The van der Waals surface area contributed by atoms with Gasteiger partial charge in [0.25, 0.3) is 0 Å². The van der Waals surface area contributed by atoms with Crippen LogP contribution >= 0.6 is 0 Å². The van der Waals surface area contributed by atoms with Crippen molar-refractivity contribution in [1.82, 2.24) is 5.32 Å². The standard InChI is InChI=1S/C17H19FN2O2/c1-12-9-14(18)7-8-16(12)20-17(22)19-11-15(21)10-13-5-3-2-4-6-13/h2-9,15,21H,10-11H2,1H3,(H2,19,20,22). The molecule has 116 valence electrons. The number of hydrogen-bond acceptors (Lipinski definition) is 2. The third-order valence-corrected chi connectivity index (χ3v) is 3.25. The highest BCUT2D eigenvalue weighted by Gasteiger charge is 2.09. The second kappa shape index (κ2) is 7.56. The molecule has 22 heavy (non-hydrogen) atoms. The molecule has 0 spiro atoms. The van der Waals surface area contributed by atoms with Crippen LogP contribution < -0.4 is 10.6 Å². The number of anilines is 1. The van der Waals surface area contributed by atoms with Gasteiger partial charge in [0.05, 0.1) is 6.10 Å².